The summed E-state index contributed by atoms with van der Waals surface area (Å²) in [6.07, 6.45) is 4.57. The van der Waals surface area contributed by atoms with Crippen molar-refractivity contribution in [2.45, 2.75) is 25.7 Å². The van der Waals surface area contributed by atoms with Gasteiger partial charge in [0.2, 0.25) is 0 Å². The predicted molar refractivity (Wildman–Crippen MR) is 74.4 cm³/mol. The molecule has 0 radical (unpaired) electrons. The zero-order valence-corrected chi connectivity index (χ0v) is 11.3. The second-order valence-corrected chi connectivity index (χ2v) is 5.18. The Hall–Kier alpha value is -2.34. The summed E-state index contributed by atoms with van der Waals surface area (Å²) in [6.45, 7) is 3.80. The van der Waals surface area contributed by atoms with Crippen LogP contribution < -0.4 is 9.80 Å². The smallest absolute Gasteiger partial charge is 0.179 e. The van der Waals surface area contributed by atoms with E-state index in [-0.39, 0.29) is 11.4 Å². The van der Waals surface area contributed by atoms with Crippen molar-refractivity contribution >= 4 is 11.6 Å². The Labute approximate surface area is 118 Å². The van der Waals surface area contributed by atoms with Crippen LogP contribution >= 0.6 is 0 Å². The highest BCUT2D eigenvalue weighted by Crippen LogP contribution is 2.31. The standard InChI is InChI=1S/C14H16N6/c15-9-11-12(10-16)18-14(20-7-3-4-8-20)13(17-11)19-5-1-2-6-19/h1-8H2. The number of aromatic nitrogens is 2. The maximum Gasteiger partial charge on any atom is 0.179 e. The summed E-state index contributed by atoms with van der Waals surface area (Å²) in [4.78, 5) is 13.2. The summed E-state index contributed by atoms with van der Waals surface area (Å²) >= 11 is 0. The predicted octanol–water partition coefficient (Wildman–Crippen LogP) is 1.42. The SMILES string of the molecule is N#Cc1nc(N2CCCC2)c(N2CCCC2)nc1C#N. The van der Waals surface area contributed by atoms with E-state index in [0.717, 1.165) is 63.5 Å². The van der Waals surface area contributed by atoms with Gasteiger partial charge < -0.3 is 9.80 Å². The molecule has 2 aliphatic rings. The normalized spacial score (nSPS) is 18.1. The van der Waals surface area contributed by atoms with Gasteiger partial charge in [-0.15, -0.1) is 0 Å². The van der Waals surface area contributed by atoms with Gasteiger partial charge in [0.15, 0.2) is 23.0 Å². The molecule has 0 unspecified atom stereocenters. The fraction of sp³-hybridized carbons (Fsp3) is 0.571. The molecule has 1 aromatic rings. The summed E-state index contributed by atoms with van der Waals surface area (Å²) < 4.78 is 0. The molecule has 3 heterocycles. The Morgan fingerprint density at radius 3 is 1.35 bits per heavy atom. The molecule has 6 heteroatoms. The van der Waals surface area contributed by atoms with E-state index >= 15 is 0 Å². The first-order valence-electron chi connectivity index (χ1n) is 7.05. The van der Waals surface area contributed by atoms with E-state index < -0.39 is 0 Å². The van der Waals surface area contributed by atoms with Gasteiger partial charge in [-0.25, -0.2) is 9.97 Å². The van der Waals surface area contributed by atoms with Gasteiger partial charge in [-0.3, -0.25) is 0 Å². The zero-order chi connectivity index (χ0) is 13.9. The van der Waals surface area contributed by atoms with E-state index in [1.807, 2.05) is 12.1 Å². The number of hydrogen-bond donors (Lipinski definition) is 0. The van der Waals surface area contributed by atoms with E-state index in [1.54, 1.807) is 0 Å². The van der Waals surface area contributed by atoms with E-state index in [9.17, 15) is 0 Å². The van der Waals surface area contributed by atoms with Gasteiger partial charge in [0, 0.05) is 26.2 Å². The van der Waals surface area contributed by atoms with Crippen LogP contribution in [0.1, 0.15) is 37.1 Å². The highest BCUT2D eigenvalue weighted by molar-refractivity contribution is 5.65. The molecule has 0 spiro atoms. The van der Waals surface area contributed by atoms with E-state index in [2.05, 4.69) is 19.8 Å². The minimum absolute atomic E-state index is 0.136. The molecule has 0 N–H and O–H groups in total. The van der Waals surface area contributed by atoms with Crippen LogP contribution in [0.15, 0.2) is 0 Å². The second-order valence-electron chi connectivity index (χ2n) is 5.18. The van der Waals surface area contributed by atoms with Gasteiger partial charge in [-0.05, 0) is 25.7 Å². The van der Waals surface area contributed by atoms with Gasteiger partial charge in [0.1, 0.15) is 12.1 Å². The summed E-state index contributed by atoms with van der Waals surface area (Å²) in [7, 11) is 0. The summed E-state index contributed by atoms with van der Waals surface area (Å²) in [5.41, 5.74) is 0.273. The van der Waals surface area contributed by atoms with Gasteiger partial charge in [0.25, 0.3) is 0 Å². The van der Waals surface area contributed by atoms with Gasteiger partial charge in [0.05, 0.1) is 0 Å². The highest BCUT2D eigenvalue weighted by Gasteiger charge is 2.26. The summed E-state index contributed by atoms with van der Waals surface area (Å²) in [6, 6.07) is 3.97. The zero-order valence-electron chi connectivity index (χ0n) is 11.3. The Morgan fingerprint density at radius 2 is 1.05 bits per heavy atom. The summed E-state index contributed by atoms with van der Waals surface area (Å²) in [5, 5.41) is 18.3. The molecule has 0 amide bonds. The fourth-order valence-electron chi connectivity index (χ4n) is 2.86. The third-order valence-corrected chi connectivity index (χ3v) is 3.88. The van der Waals surface area contributed by atoms with Crippen molar-refractivity contribution < 1.29 is 0 Å². The van der Waals surface area contributed by atoms with Crippen LogP contribution in [0.3, 0.4) is 0 Å². The third kappa shape index (κ3) is 2.14. The van der Waals surface area contributed by atoms with Crippen LogP contribution in [0.4, 0.5) is 11.6 Å². The van der Waals surface area contributed by atoms with Gasteiger partial charge in [-0.2, -0.15) is 10.5 Å². The Balaban J connectivity index is 2.09. The monoisotopic (exact) mass is 268 g/mol. The van der Waals surface area contributed by atoms with Crippen LogP contribution in [0.5, 0.6) is 0 Å². The molecule has 1 aromatic heterocycles. The molecule has 6 nitrogen and oxygen atoms in total. The lowest BCUT2D eigenvalue weighted by molar-refractivity contribution is 0.871. The van der Waals surface area contributed by atoms with Crippen molar-refractivity contribution in [3.8, 4) is 12.1 Å². The Bertz CT molecular complexity index is 532. The molecule has 0 atom stereocenters. The fourth-order valence-corrected chi connectivity index (χ4v) is 2.86. The molecule has 2 aliphatic heterocycles. The van der Waals surface area contributed by atoms with Crippen molar-refractivity contribution in [1.82, 2.24) is 9.97 Å². The first kappa shape index (κ1) is 12.7. The van der Waals surface area contributed by atoms with E-state index in [1.165, 1.54) is 0 Å². The number of rotatable bonds is 2. The van der Waals surface area contributed by atoms with E-state index in [4.69, 9.17) is 10.5 Å². The van der Waals surface area contributed by atoms with Crippen molar-refractivity contribution in [3.63, 3.8) is 0 Å². The molecular weight excluding hydrogens is 252 g/mol. The van der Waals surface area contributed by atoms with Crippen LogP contribution in [0, 0.1) is 22.7 Å². The van der Waals surface area contributed by atoms with Crippen molar-refractivity contribution in [2.75, 3.05) is 36.0 Å². The number of nitrogens with zero attached hydrogens (tertiary/aromatic N) is 6. The third-order valence-electron chi connectivity index (χ3n) is 3.88. The maximum absolute atomic E-state index is 9.14. The van der Waals surface area contributed by atoms with Gasteiger partial charge in [-0.1, -0.05) is 0 Å². The largest absolute Gasteiger partial charge is 0.354 e. The molecule has 0 saturated carbocycles. The first-order valence-corrected chi connectivity index (χ1v) is 7.05. The van der Waals surface area contributed by atoms with E-state index in [0.29, 0.717) is 0 Å². The number of nitriles is 2. The average Bonchev–Trinajstić information content (AvgIpc) is 3.18. The molecule has 0 aromatic carbocycles. The van der Waals surface area contributed by atoms with Crippen molar-refractivity contribution in [2.24, 2.45) is 0 Å². The highest BCUT2D eigenvalue weighted by atomic mass is 15.3. The minimum Gasteiger partial charge on any atom is -0.354 e. The first-order chi connectivity index (χ1) is 9.83. The van der Waals surface area contributed by atoms with Crippen molar-refractivity contribution in [3.05, 3.63) is 11.4 Å². The lowest BCUT2D eigenvalue weighted by atomic mass is 10.3. The topological polar surface area (TPSA) is 79.8 Å². The van der Waals surface area contributed by atoms with Crippen LogP contribution in [-0.4, -0.2) is 36.1 Å². The second kappa shape index (κ2) is 5.34. The molecule has 3 rings (SSSR count). The molecule has 102 valence electrons. The maximum atomic E-state index is 9.14. The quantitative estimate of drug-likeness (QED) is 0.807. The molecule has 0 aliphatic carbocycles. The van der Waals surface area contributed by atoms with Crippen LogP contribution in [0.2, 0.25) is 0 Å². The summed E-state index contributed by atoms with van der Waals surface area (Å²) in [5.74, 6) is 1.56. The molecule has 0 bridgehead atoms. The van der Waals surface area contributed by atoms with Crippen LogP contribution in [-0.2, 0) is 0 Å². The Kier molecular flexibility index (Phi) is 3.39. The molecular formula is C14H16N6. The number of anilines is 2. The Morgan fingerprint density at radius 1 is 0.700 bits per heavy atom. The molecule has 2 fully saturated rings. The van der Waals surface area contributed by atoms with Gasteiger partial charge >= 0.3 is 0 Å². The van der Waals surface area contributed by atoms with Crippen molar-refractivity contribution in [1.29, 1.82) is 10.5 Å². The lowest BCUT2D eigenvalue weighted by Crippen LogP contribution is -2.27. The minimum atomic E-state index is 0.136. The molecule has 20 heavy (non-hydrogen) atoms. The molecule has 2 saturated heterocycles. The average molecular weight is 268 g/mol. The lowest BCUT2D eigenvalue weighted by Gasteiger charge is -2.25. The number of hydrogen-bond acceptors (Lipinski definition) is 6. The van der Waals surface area contributed by atoms with Crippen LogP contribution in [0.25, 0.3) is 0 Å².